The first-order chi connectivity index (χ1) is 13.7. The zero-order valence-electron chi connectivity index (χ0n) is 14.9. The van der Waals surface area contributed by atoms with Crippen LogP contribution in [0, 0.1) is 0 Å². The minimum absolute atomic E-state index is 0.0728. The van der Waals surface area contributed by atoms with Crippen LogP contribution in [0.5, 0.6) is 0 Å². The quantitative estimate of drug-likeness (QED) is 0.557. The normalized spacial score (nSPS) is 16.1. The molecule has 7 nitrogen and oxygen atoms in total. The number of carbonyl (C=O) groups excluding carboxylic acids is 1. The number of aromatic nitrogens is 5. The van der Waals surface area contributed by atoms with E-state index in [0.29, 0.717) is 10.6 Å². The molecule has 0 saturated carbocycles. The molecule has 140 valence electrons. The minimum Gasteiger partial charge on any atom is -0.355 e. The number of carbonyl (C=O) groups is 1. The Morgan fingerprint density at radius 2 is 2.14 bits per heavy atom. The highest BCUT2D eigenvalue weighted by Crippen LogP contribution is 2.37. The number of nitrogens with one attached hydrogen (secondary N) is 2. The monoisotopic (exact) mass is 392 g/mol. The van der Waals surface area contributed by atoms with Gasteiger partial charge < -0.3 is 10.3 Å². The number of H-pyrrole nitrogens is 1. The first-order valence-corrected chi connectivity index (χ1v) is 9.52. The first-order valence-electron chi connectivity index (χ1n) is 9.14. The first kappa shape index (κ1) is 16.9. The van der Waals surface area contributed by atoms with Crippen molar-refractivity contribution in [3.63, 3.8) is 0 Å². The third kappa shape index (κ3) is 2.84. The molecule has 1 aliphatic carbocycles. The van der Waals surface area contributed by atoms with Gasteiger partial charge in [-0.25, -0.2) is 4.68 Å². The highest BCUT2D eigenvalue weighted by molar-refractivity contribution is 6.35. The molecular weight excluding hydrogens is 376 g/mol. The molecule has 1 unspecified atom stereocenters. The lowest BCUT2D eigenvalue weighted by Crippen LogP contribution is -2.31. The molecule has 5 rings (SSSR count). The van der Waals surface area contributed by atoms with E-state index in [-0.39, 0.29) is 11.9 Å². The van der Waals surface area contributed by atoms with Crippen LogP contribution >= 0.6 is 11.6 Å². The fraction of sp³-hybridized carbons (Fsp3) is 0.200. The molecular formula is C20H17ClN6O. The van der Waals surface area contributed by atoms with Gasteiger partial charge in [0.1, 0.15) is 6.33 Å². The molecule has 0 spiro atoms. The van der Waals surface area contributed by atoms with E-state index in [1.165, 1.54) is 16.6 Å². The SMILES string of the molecule is O=C(NC1CCCc2c1[nH]c1c(Cl)cccc21)c1cccc(-n2cnnn2)c1. The Bertz CT molecular complexity index is 1170. The Morgan fingerprint density at radius 1 is 1.25 bits per heavy atom. The molecule has 28 heavy (non-hydrogen) atoms. The van der Waals surface area contributed by atoms with Gasteiger partial charge in [-0.3, -0.25) is 4.79 Å². The second kappa shape index (κ2) is 6.76. The van der Waals surface area contributed by atoms with Crippen LogP contribution in [0.3, 0.4) is 0 Å². The number of tetrazole rings is 1. The van der Waals surface area contributed by atoms with E-state index in [0.717, 1.165) is 41.5 Å². The van der Waals surface area contributed by atoms with E-state index in [1.807, 2.05) is 24.3 Å². The fourth-order valence-electron chi connectivity index (χ4n) is 3.91. The topological polar surface area (TPSA) is 88.5 Å². The van der Waals surface area contributed by atoms with Crippen LogP contribution in [0.2, 0.25) is 5.02 Å². The predicted molar refractivity (Wildman–Crippen MR) is 106 cm³/mol. The van der Waals surface area contributed by atoms with Crippen LogP contribution in [-0.4, -0.2) is 31.1 Å². The van der Waals surface area contributed by atoms with Gasteiger partial charge in [0.15, 0.2) is 0 Å². The van der Waals surface area contributed by atoms with Gasteiger partial charge in [0.05, 0.1) is 22.3 Å². The summed E-state index contributed by atoms with van der Waals surface area (Å²) in [6.45, 7) is 0. The summed E-state index contributed by atoms with van der Waals surface area (Å²) in [5.41, 5.74) is 4.54. The largest absolute Gasteiger partial charge is 0.355 e. The Morgan fingerprint density at radius 3 is 3.00 bits per heavy atom. The number of nitrogens with zero attached hydrogens (tertiary/aromatic N) is 4. The fourth-order valence-corrected chi connectivity index (χ4v) is 4.13. The van der Waals surface area contributed by atoms with E-state index >= 15 is 0 Å². The van der Waals surface area contributed by atoms with Gasteiger partial charge in [-0.2, -0.15) is 0 Å². The second-order valence-corrected chi connectivity index (χ2v) is 7.31. The van der Waals surface area contributed by atoms with Crippen LogP contribution in [0.15, 0.2) is 48.8 Å². The number of hydrogen-bond donors (Lipinski definition) is 2. The third-order valence-electron chi connectivity index (χ3n) is 5.22. The summed E-state index contributed by atoms with van der Waals surface area (Å²) in [7, 11) is 0. The molecule has 0 saturated heterocycles. The van der Waals surface area contributed by atoms with Crippen molar-refractivity contribution in [2.45, 2.75) is 25.3 Å². The van der Waals surface area contributed by atoms with Crippen molar-refractivity contribution in [3.8, 4) is 5.69 Å². The maximum atomic E-state index is 12.9. The maximum Gasteiger partial charge on any atom is 0.251 e. The van der Waals surface area contributed by atoms with Crippen molar-refractivity contribution in [1.29, 1.82) is 0 Å². The molecule has 0 fully saturated rings. The highest BCUT2D eigenvalue weighted by atomic mass is 35.5. The Balaban J connectivity index is 1.45. The average Bonchev–Trinajstić information content (AvgIpc) is 3.38. The zero-order valence-corrected chi connectivity index (χ0v) is 15.6. The van der Waals surface area contributed by atoms with Crippen LogP contribution in [0.4, 0.5) is 0 Å². The van der Waals surface area contributed by atoms with Crippen LogP contribution in [0.1, 0.15) is 40.5 Å². The molecule has 0 radical (unpaired) electrons. The van der Waals surface area contributed by atoms with E-state index in [2.05, 4.69) is 31.9 Å². The average molecular weight is 393 g/mol. The van der Waals surface area contributed by atoms with Crippen molar-refractivity contribution in [1.82, 2.24) is 30.5 Å². The van der Waals surface area contributed by atoms with Gasteiger partial charge >= 0.3 is 0 Å². The van der Waals surface area contributed by atoms with Crippen molar-refractivity contribution < 1.29 is 4.79 Å². The summed E-state index contributed by atoms with van der Waals surface area (Å²) in [4.78, 5) is 16.4. The van der Waals surface area contributed by atoms with Crippen molar-refractivity contribution >= 4 is 28.4 Å². The number of aryl methyl sites for hydroxylation is 1. The lowest BCUT2D eigenvalue weighted by molar-refractivity contribution is 0.0932. The van der Waals surface area contributed by atoms with E-state index < -0.39 is 0 Å². The summed E-state index contributed by atoms with van der Waals surface area (Å²) in [5, 5.41) is 16.2. The van der Waals surface area contributed by atoms with Crippen LogP contribution in [-0.2, 0) is 6.42 Å². The molecule has 1 aliphatic rings. The predicted octanol–water partition coefficient (Wildman–Crippen LogP) is 3.60. The summed E-state index contributed by atoms with van der Waals surface area (Å²) >= 11 is 6.36. The van der Waals surface area contributed by atoms with Gasteiger partial charge in [-0.15, -0.1) is 5.10 Å². The van der Waals surface area contributed by atoms with Crippen molar-refractivity contribution in [3.05, 3.63) is 70.6 Å². The summed E-state index contributed by atoms with van der Waals surface area (Å²) in [6.07, 6.45) is 4.38. The van der Waals surface area contributed by atoms with Crippen molar-refractivity contribution in [2.24, 2.45) is 0 Å². The number of rotatable bonds is 3. The highest BCUT2D eigenvalue weighted by Gasteiger charge is 2.26. The summed E-state index contributed by atoms with van der Waals surface area (Å²) in [5.74, 6) is -0.127. The maximum absolute atomic E-state index is 12.9. The molecule has 1 atom stereocenters. The summed E-state index contributed by atoms with van der Waals surface area (Å²) in [6, 6.07) is 13.1. The smallest absolute Gasteiger partial charge is 0.251 e. The zero-order chi connectivity index (χ0) is 19.1. The molecule has 2 aromatic carbocycles. The van der Waals surface area contributed by atoms with Gasteiger partial charge in [0.25, 0.3) is 5.91 Å². The van der Waals surface area contributed by atoms with Crippen LogP contribution < -0.4 is 5.32 Å². The third-order valence-corrected chi connectivity index (χ3v) is 5.53. The number of amides is 1. The molecule has 2 N–H and O–H groups in total. The van der Waals surface area contributed by atoms with Gasteiger partial charge in [-0.05, 0) is 59.5 Å². The molecule has 1 amide bonds. The molecule has 2 aromatic heterocycles. The van der Waals surface area contributed by atoms with Crippen LogP contribution in [0.25, 0.3) is 16.6 Å². The number of aromatic amines is 1. The number of halogens is 1. The number of hydrogen-bond acceptors (Lipinski definition) is 4. The lowest BCUT2D eigenvalue weighted by atomic mass is 9.91. The molecule has 8 heteroatoms. The van der Waals surface area contributed by atoms with Crippen molar-refractivity contribution in [2.75, 3.05) is 0 Å². The minimum atomic E-state index is -0.127. The van der Waals surface area contributed by atoms with E-state index in [1.54, 1.807) is 12.1 Å². The number of fused-ring (bicyclic) bond motifs is 3. The standard InChI is InChI=1S/C20H17ClN6O/c21-16-8-2-6-14-15-7-3-9-17(19(15)24-18(14)16)23-20(28)12-4-1-5-13(10-12)27-11-22-25-26-27/h1-2,4-6,8,10-11,17,24H,3,7,9H2,(H,23,28). The molecule has 0 aliphatic heterocycles. The molecule has 0 bridgehead atoms. The van der Waals surface area contributed by atoms with Gasteiger partial charge in [-0.1, -0.05) is 29.8 Å². The Kier molecular flexibility index (Phi) is 4.09. The number of para-hydroxylation sites is 1. The second-order valence-electron chi connectivity index (χ2n) is 6.90. The Labute approximate surface area is 165 Å². The summed E-state index contributed by atoms with van der Waals surface area (Å²) < 4.78 is 1.52. The lowest BCUT2D eigenvalue weighted by Gasteiger charge is -2.24. The Hall–Kier alpha value is -3.19. The van der Waals surface area contributed by atoms with Gasteiger partial charge in [0.2, 0.25) is 0 Å². The molecule has 4 aromatic rings. The van der Waals surface area contributed by atoms with E-state index in [9.17, 15) is 4.79 Å². The van der Waals surface area contributed by atoms with Gasteiger partial charge in [0, 0.05) is 16.6 Å². The molecule has 2 heterocycles. The number of benzene rings is 2. The van der Waals surface area contributed by atoms with E-state index in [4.69, 9.17) is 11.6 Å².